The molecule has 0 aliphatic rings. The Morgan fingerprint density at radius 2 is 0.579 bits per heavy atom. The normalized spacial score (nSPS) is 15.3. The molecule has 19 heavy (non-hydrogen) atoms. The maximum atomic E-state index is 2.59. The average molecular weight is 268 g/mol. The topological polar surface area (TPSA) is 6.48 Å². The van der Waals surface area contributed by atoms with Crippen molar-refractivity contribution in [2.75, 3.05) is 0 Å². The van der Waals surface area contributed by atoms with Gasteiger partial charge in [-0.15, -0.1) is 0 Å². The van der Waals surface area contributed by atoms with E-state index in [1.807, 2.05) is 0 Å². The third kappa shape index (κ3) is 5.87. The molecule has 0 fully saturated rings. The summed E-state index contributed by atoms with van der Waals surface area (Å²) in [5.41, 5.74) is 0.639. The fourth-order valence-electron chi connectivity index (χ4n) is 3.00. The Morgan fingerprint density at radius 1 is 0.421 bits per heavy atom. The summed E-state index contributed by atoms with van der Waals surface area (Å²) in [5.74, 6) is 0. The second-order valence-electron chi connectivity index (χ2n) is 9.68. The third-order valence-electron chi connectivity index (χ3n) is 3.52. The number of hydrogen-bond acceptors (Lipinski definition) is 2. The van der Waals surface area contributed by atoms with Crippen LogP contribution in [0.15, 0.2) is 0 Å². The van der Waals surface area contributed by atoms with Crippen LogP contribution in [0.3, 0.4) is 0 Å². The highest BCUT2D eigenvalue weighted by Gasteiger charge is 2.39. The summed E-state index contributed by atoms with van der Waals surface area (Å²) in [6.07, 6.45) is 0. The van der Waals surface area contributed by atoms with Crippen LogP contribution in [0.1, 0.15) is 83.1 Å². The minimum Gasteiger partial charge on any atom is -0.322 e. The fraction of sp³-hybridized carbons (Fsp3) is 1.00. The molecule has 0 aromatic heterocycles. The van der Waals surface area contributed by atoms with Gasteiger partial charge in [0.1, 0.15) is 0 Å². The first-order valence-electron chi connectivity index (χ1n) is 7.53. The molecule has 0 aromatic rings. The van der Waals surface area contributed by atoms with E-state index in [2.05, 4.69) is 92.7 Å². The minimum atomic E-state index is 0.160. The van der Waals surface area contributed by atoms with Crippen LogP contribution in [0.2, 0.25) is 0 Å². The summed E-state index contributed by atoms with van der Waals surface area (Å²) < 4.78 is 0. The monoisotopic (exact) mass is 268 g/mol. The zero-order valence-electron chi connectivity index (χ0n) is 15.6. The van der Waals surface area contributed by atoms with E-state index in [9.17, 15) is 0 Å². The molecule has 114 valence electrons. The molecule has 0 saturated heterocycles. The van der Waals surface area contributed by atoms with Gasteiger partial charge in [0.25, 0.3) is 7.55 Å². The Bertz CT molecular complexity index is 226. The lowest BCUT2D eigenvalue weighted by Crippen LogP contribution is -2.65. The van der Waals surface area contributed by atoms with Crippen LogP contribution in [0.25, 0.3) is 0 Å². The first kappa shape index (κ1) is 19.0. The van der Waals surface area contributed by atoms with Crippen molar-refractivity contribution in [2.45, 2.75) is 105 Å². The zero-order valence-corrected chi connectivity index (χ0v) is 15.6. The van der Waals surface area contributed by atoms with Crippen LogP contribution < -0.4 is 0 Å². The van der Waals surface area contributed by atoms with E-state index >= 15 is 0 Å². The Morgan fingerprint density at radius 3 is 0.684 bits per heavy atom. The Hall–Kier alpha value is -0.0151. The lowest BCUT2D eigenvalue weighted by atomic mass is 9.79. The molecule has 0 aliphatic carbocycles. The predicted molar refractivity (Wildman–Crippen MR) is 89.8 cm³/mol. The highest BCUT2D eigenvalue weighted by Crippen LogP contribution is 2.29. The van der Waals surface area contributed by atoms with Crippen molar-refractivity contribution < 1.29 is 0 Å². The first-order chi connectivity index (χ1) is 7.97. The van der Waals surface area contributed by atoms with E-state index in [0.29, 0.717) is 0 Å². The summed E-state index contributed by atoms with van der Waals surface area (Å²) in [4.78, 5) is 5.19. The minimum absolute atomic E-state index is 0.160. The summed E-state index contributed by atoms with van der Waals surface area (Å²) in [7, 11) is 0.986. The van der Waals surface area contributed by atoms with Crippen LogP contribution in [0, 0.1) is 0 Å². The lowest BCUT2D eigenvalue weighted by Gasteiger charge is -2.53. The van der Waals surface area contributed by atoms with Crippen LogP contribution in [0.5, 0.6) is 0 Å². The van der Waals surface area contributed by atoms with Gasteiger partial charge in [0.05, 0.1) is 0 Å². The highest BCUT2D eigenvalue weighted by atomic mass is 15.3. The molecule has 0 bridgehead atoms. The Kier molecular flexibility index (Phi) is 5.40. The standard InChI is InChI=1S/C16H37BN2/c1-13(2,3)18(14(4,5)6)17-19(15(7,8)9)16(10,11)12/h17H,1-12H3. The van der Waals surface area contributed by atoms with Gasteiger partial charge in [0, 0.05) is 22.2 Å². The zero-order chi connectivity index (χ0) is 15.9. The Balaban J connectivity index is 5.43. The van der Waals surface area contributed by atoms with Crippen molar-refractivity contribution in [3.05, 3.63) is 0 Å². The van der Waals surface area contributed by atoms with Crippen LogP contribution >= 0.6 is 0 Å². The van der Waals surface area contributed by atoms with Gasteiger partial charge in [-0.3, -0.25) is 0 Å². The molecule has 0 saturated carbocycles. The van der Waals surface area contributed by atoms with E-state index in [-0.39, 0.29) is 22.2 Å². The molecule has 0 aromatic carbocycles. The molecule has 0 rings (SSSR count). The van der Waals surface area contributed by atoms with Crippen molar-refractivity contribution in [2.24, 2.45) is 0 Å². The summed E-state index contributed by atoms with van der Waals surface area (Å²) in [5, 5.41) is 0. The third-order valence-corrected chi connectivity index (χ3v) is 3.52. The highest BCUT2D eigenvalue weighted by molar-refractivity contribution is 6.29. The van der Waals surface area contributed by atoms with E-state index in [1.54, 1.807) is 0 Å². The van der Waals surface area contributed by atoms with Gasteiger partial charge in [-0.05, 0) is 83.1 Å². The summed E-state index contributed by atoms with van der Waals surface area (Å²) in [6, 6.07) is 0. The van der Waals surface area contributed by atoms with E-state index in [4.69, 9.17) is 0 Å². The van der Waals surface area contributed by atoms with Gasteiger partial charge >= 0.3 is 0 Å². The van der Waals surface area contributed by atoms with E-state index < -0.39 is 0 Å². The van der Waals surface area contributed by atoms with Crippen molar-refractivity contribution >= 4 is 7.55 Å². The predicted octanol–water partition coefficient (Wildman–Crippen LogP) is 4.05. The van der Waals surface area contributed by atoms with Crippen molar-refractivity contribution in [3.8, 4) is 0 Å². The molecule has 0 radical (unpaired) electrons. The smallest absolute Gasteiger partial charge is 0.293 e. The van der Waals surface area contributed by atoms with E-state index in [0.717, 1.165) is 7.55 Å². The van der Waals surface area contributed by atoms with Crippen molar-refractivity contribution in [3.63, 3.8) is 0 Å². The van der Waals surface area contributed by atoms with Gasteiger partial charge in [0.2, 0.25) is 0 Å². The van der Waals surface area contributed by atoms with Gasteiger partial charge in [0.15, 0.2) is 0 Å². The van der Waals surface area contributed by atoms with Crippen LogP contribution in [-0.4, -0.2) is 39.3 Å². The Labute approximate surface area is 123 Å². The van der Waals surface area contributed by atoms with Crippen molar-refractivity contribution in [1.82, 2.24) is 9.62 Å². The lowest BCUT2D eigenvalue weighted by molar-refractivity contribution is 0.0789. The number of hydrogen-bond donors (Lipinski definition) is 0. The second kappa shape index (κ2) is 5.40. The molecular formula is C16H37BN2. The molecule has 2 nitrogen and oxygen atoms in total. The molecule has 0 unspecified atom stereocenters. The average Bonchev–Trinajstić information content (AvgIpc) is 1.91. The van der Waals surface area contributed by atoms with Gasteiger partial charge in [-0.1, -0.05) is 0 Å². The number of nitrogens with zero attached hydrogens (tertiary/aromatic N) is 2. The SMILES string of the molecule is CC(C)(C)N(BN(C(C)(C)C)C(C)(C)C)C(C)(C)C. The maximum absolute atomic E-state index is 2.59. The first-order valence-corrected chi connectivity index (χ1v) is 7.53. The molecule has 0 N–H and O–H groups in total. The van der Waals surface area contributed by atoms with Crippen molar-refractivity contribution in [1.29, 1.82) is 0 Å². The summed E-state index contributed by atoms with van der Waals surface area (Å²) in [6.45, 7) is 27.7. The van der Waals surface area contributed by atoms with E-state index in [1.165, 1.54) is 0 Å². The van der Waals surface area contributed by atoms with Gasteiger partial charge in [-0.25, -0.2) is 0 Å². The largest absolute Gasteiger partial charge is 0.322 e. The molecule has 3 heteroatoms. The number of rotatable bonds is 2. The fourth-order valence-corrected chi connectivity index (χ4v) is 3.00. The molecule has 0 heterocycles. The molecular weight excluding hydrogens is 231 g/mol. The molecule has 0 amide bonds. The molecule has 0 aliphatic heterocycles. The van der Waals surface area contributed by atoms with Gasteiger partial charge < -0.3 is 9.62 Å². The second-order valence-corrected chi connectivity index (χ2v) is 9.68. The molecule has 0 atom stereocenters. The van der Waals surface area contributed by atoms with Gasteiger partial charge in [-0.2, -0.15) is 0 Å². The summed E-state index contributed by atoms with van der Waals surface area (Å²) >= 11 is 0. The molecule has 0 spiro atoms. The van der Waals surface area contributed by atoms with Crippen LogP contribution in [0.4, 0.5) is 0 Å². The van der Waals surface area contributed by atoms with Crippen LogP contribution in [-0.2, 0) is 0 Å². The quantitative estimate of drug-likeness (QED) is 0.697. The maximum Gasteiger partial charge on any atom is 0.293 e.